The Hall–Kier alpha value is -2.85. The van der Waals surface area contributed by atoms with Crippen LogP contribution < -0.4 is 5.19 Å². The number of hydrogen-bond donors (Lipinski definition) is 1. The van der Waals surface area contributed by atoms with E-state index in [9.17, 15) is 9.90 Å². The molecule has 0 saturated heterocycles. The molecule has 285 valence electrons. The SMILES string of the molecule is [2H]C(C(=O)C12CC3CC(CC(C3)C1)C2)=C(O)C12CC3CC(CC(C3)C1)C2.[2H]C([2H])([2H])c1[c-]c(-c2cc(-c3ccccc3)c3cc([Si](C)(C)C)ccc3n2)cc(C)c1.[Ir]. The first-order valence-electron chi connectivity index (χ1n) is 22.5. The zero-order chi connectivity index (χ0) is 40.1. The fraction of sp³-hybridized carbons (Fsp3) is 0.510. The number of allylic oxidation sites excluding steroid dienone is 2. The Morgan fingerprint density at radius 2 is 1.37 bits per heavy atom. The second-order valence-corrected chi connectivity index (χ2v) is 24.7. The molecule has 4 aromatic rings. The van der Waals surface area contributed by atoms with Gasteiger partial charge in [-0.1, -0.05) is 87.1 Å². The summed E-state index contributed by atoms with van der Waals surface area (Å²) in [6.45, 7) is 6.74. The first kappa shape index (κ1) is 33.3. The summed E-state index contributed by atoms with van der Waals surface area (Å²) in [5.74, 6) is 4.53. The van der Waals surface area contributed by atoms with Gasteiger partial charge in [-0.05, 0) is 135 Å². The van der Waals surface area contributed by atoms with Crippen molar-refractivity contribution in [2.45, 2.75) is 110 Å². The van der Waals surface area contributed by atoms with Crippen LogP contribution in [0.2, 0.25) is 19.6 Å². The summed E-state index contributed by atoms with van der Waals surface area (Å²) in [5.41, 5.74) is 5.17. The molecule has 8 fully saturated rings. The second-order valence-electron chi connectivity index (χ2n) is 19.6. The number of ketones is 1. The molecule has 12 rings (SSSR count). The van der Waals surface area contributed by atoms with E-state index in [1.807, 2.05) is 31.2 Å². The van der Waals surface area contributed by atoms with Crippen LogP contribution in [-0.2, 0) is 24.9 Å². The minimum Gasteiger partial charge on any atom is -0.512 e. The van der Waals surface area contributed by atoms with Crippen molar-refractivity contribution in [3.05, 3.63) is 95.7 Å². The molecular formula is C49H58IrNO2Si-. The van der Waals surface area contributed by atoms with Crippen molar-refractivity contribution in [1.29, 1.82) is 0 Å². The summed E-state index contributed by atoms with van der Waals surface area (Å²) in [5, 5.41) is 13.7. The van der Waals surface area contributed by atoms with E-state index in [-0.39, 0.29) is 54.1 Å². The van der Waals surface area contributed by atoms with Crippen molar-refractivity contribution in [2.75, 3.05) is 0 Å². The topological polar surface area (TPSA) is 50.2 Å². The van der Waals surface area contributed by atoms with Gasteiger partial charge in [-0.3, -0.25) is 9.78 Å². The van der Waals surface area contributed by atoms with E-state index in [1.54, 1.807) is 6.07 Å². The first-order valence-corrected chi connectivity index (χ1v) is 24.0. The van der Waals surface area contributed by atoms with Gasteiger partial charge in [0, 0.05) is 46.5 Å². The van der Waals surface area contributed by atoms with E-state index in [0.29, 0.717) is 23.3 Å². The normalized spacial score (nSPS) is 33.4. The van der Waals surface area contributed by atoms with Gasteiger partial charge in [0.05, 0.1) is 15.0 Å². The van der Waals surface area contributed by atoms with Gasteiger partial charge < -0.3 is 5.11 Å². The maximum Gasteiger partial charge on any atom is 0.165 e. The maximum atomic E-state index is 13.5. The van der Waals surface area contributed by atoms with Crippen LogP contribution in [0.1, 0.15) is 93.7 Å². The molecule has 8 aliphatic carbocycles. The van der Waals surface area contributed by atoms with Gasteiger partial charge >= 0.3 is 0 Å². The fourth-order valence-electron chi connectivity index (χ4n) is 12.7. The van der Waals surface area contributed by atoms with Crippen LogP contribution in [0.25, 0.3) is 33.3 Å². The van der Waals surface area contributed by atoms with Crippen LogP contribution in [-0.4, -0.2) is 23.9 Å². The number of aryl methyl sites for hydroxylation is 2. The molecule has 8 saturated carbocycles. The smallest absolute Gasteiger partial charge is 0.165 e. The third-order valence-electron chi connectivity index (χ3n) is 14.3. The van der Waals surface area contributed by atoms with E-state index in [1.165, 1.54) is 43.7 Å². The van der Waals surface area contributed by atoms with E-state index in [0.717, 1.165) is 89.6 Å². The molecule has 1 radical (unpaired) electrons. The van der Waals surface area contributed by atoms with Crippen LogP contribution in [0.15, 0.2) is 78.5 Å². The van der Waals surface area contributed by atoms with Gasteiger partial charge in [0.1, 0.15) is 5.76 Å². The molecule has 0 unspecified atom stereocenters. The van der Waals surface area contributed by atoms with Crippen molar-refractivity contribution in [3.63, 3.8) is 0 Å². The summed E-state index contributed by atoms with van der Waals surface area (Å²) in [7, 11) is -1.48. The number of benzene rings is 3. The Bertz CT molecular complexity index is 2190. The number of hydrogen-bond acceptors (Lipinski definition) is 3. The molecule has 8 bridgehead atoms. The maximum absolute atomic E-state index is 13.5. The third kappa shape index (κ3) is 7.16. The molecule has 0 amide bonds. The quantitative estimate of drug-likeness (QED) is 0.0907. The van der Waals surface area contributed by atoms with Crippen LogP contribution in [0.3, 0.4) is 0 Å². The Balaban J connectivity index is 0.000000161. The van der Waals surface area contributed by atoms with Crippen LogP contribution in [0, 0.1) is 66.2 Å². The van der Waals surface area contributed by atoms with Crippen LogP contribution in [0.5, 0.6) is 0 Å². The number of aromatic nitrogens is 1. The molecule has 3 aromatic carbocycles. The van der Waals surface area contributed by atoms with E-state index in [4.69, 9.17) is 10.5 Å². The third-order valence-corrected chi connectivity index (χ3v) is 16.4. The monoisotopic (exact) mass is 917 g/mol. The average molecular weight is 917 g/mol. The minimum atomic E-state index is -2.20. The first-order chi connectivity index (χ1) is 27.0. The van der Waals surface area contributed by atoms with E-state index in [2.05, 4.69) is 62.1 Å². The predicted octanol–water partition coefficient (Wildman–Crippen LogP) is 12.0. The molecule has 3 nitrogen and oxygen atoms in total. The molecule has 1 aromatic heterocycles. The second kappa shape index (κ2) is 14.3. The van der Waals surface area contributed by atoms with E-state index < -0.39 is 14.9 Å². The Morgan fingerprint density at radius 1 is 0.815 bits per heavy atom. The Morgan fingerprint density at radius 3 is 1.91 bits per heavy atom. The van der Waals surface area contributed by atoms with Crippen LogP contribution >= 0.6 is 0 Å². The summed E-state index contributed by atoms with van der Waals surface area (Å²) >= 11 is 0. The van der Waals surface area contributed by atoms with Crippen molar-refractivity contribution in [3.8, 4) is 22.4 Å². The van der Waals surface area contributed by atoms with Gasteiger partial charge in [-0.25, -0.2) is 0 Å². The Kier molecular flexibility index (Phi) is 8.80. The number of nitrogens with zero attached hydrogens (tertiary/aromatic N) is 1. The Labute approximate surface area is 343 Å². The largest absolute Gasteiger partial charge is 0.512 e. The van der Waals surface area contributed by atoms with E-state index >= 15 is 0 Å². The van der Waals surface area contributed by atoms with Gasteiger partial charge in [0.25, 0.3) is 0 Å². The molecule has 8 aliphatic rings. The fourth-order valence-corrected chi connectivity index (χ4v) is 13.9. The van der Waals surface area contributed by atoms with Gasteiger partial charge in [0.15, 0.2) is 5.78 Å². The molecule has 0 spiro atoms. The molecule has 1 N–H and O–H groups in total. The number of fused-ring (bicyclic) bond motifs is 1. The number of carbonyl (C=O) groups excluding carboxylic acids is 1. The van der Waals surface area contributed by atoms with Crippen molar-refractivity contribution in [2.24, 2.45) is 46.3 Å². The molecule has 5 heteroatoms. The summed E-state index contributed by atoms with van der Waals surface area (Å²) in [6, 6.07) is 25.7. The number of pyridine rings is 1. The standard InChI is InChI=1S/C26H26NSi.C23H32O2.Ir/c1-18-13-19(2)15-21(14-18)26-17-23(20-9-7-6-8-10-20)24-16-22(28(3,4)5)11-12-25(24)27-26;24-20(22-8-14-1-15(9-22)3-16(2-14)10-22)7-21(25)23-11-17-4-18(12-23)6-19(5-17)13-23;/h6-14,16-17H,1-5H3;7,14-19,24H,1-6,8-13H2;/q-1;;/i2D3;7D;. The number of rotatable bonds is 6. The van der Waals surface area contributed by atoms with Gasteiger partial charge in [-0.15, -0.1) is 34.9 Å². The average Bonchev–Trinajstić information content (AvgIpc) is 3.15. The number of aliphatic hydroxyl groups excluding tert-OH is 1. The molecule has 0 aliphatic heterocycles. The van der Waals surface area contributed by atoms with Crippen LogP contribution in [0.4, 0.5) is 0 Å². The van der Waals surface area contributed by atoms with Crippen molar-refractivity contribution in [1.82, 2.24) is 4.98 Å². The zero-order valence-electron chi connectivity index (χ0n) is 36.4. The molecule has 54 heavy (non-hydrogen) atoms. The summed E-state index contributed by atoms with van der Waals surface area (Å²) < 4.78 is 32.1. The molecule has 1 heterocycles. The van der Waals surface area contributed by atoms with Crippen molar-refractivity contribution < 1.29 is 35.5 Å². The predicted molar refractivity (Wildman–Crippen MR) is 221 cm³/mol. The molecular weight excluding hydrogens is 855 g/mol. The summed E-state index contributed by atoms with van der Waals surface area (Å²) in [6.07, 6.45) is 14.0. The number of carbonyl (C=O) groups is 1. The van der Waals surface area contributed by atoms with Gasteiger partial charge in [-0.2, -0.15) is 0 Å². The zero-order valence-corrected chi connectivity index (χ0v) is 35.8. The summed E-state index contributed by atoms with van der Waals surface area (Å²) in [4.78, 5) is 18.4. The molecule has 0 atom stereocenters. The van der Waals surface area contributed by atoms with Crippen molar-refractivity contribution >= 4 is 29.9 Å². The minimum absolute atomic E-state index is 0. The van der Waals surface area contributed by atoms with Gasteiger partial charge in [0.2, 0.25) is 0 Å². The number of aliphatic hydroxyl groups is 1.